The summed E-state index contributed by atoms with van der Waals surface area (Å²) in [6.45, 7) is 5.38. The summed E-state index contributed by atoms with van der Waals surface area (Å²) in [6, 6.07) is 4.40. The molecule has 7 heteroatoms. The maximum absolute atomic E-state index is 12.5. The molecule has 1 aliphatic heterocycles. The molecule has 0 bridgehead atoms. The zero-order valence-electron chi connectivity index (χ0n) is 12.7. The van der Waals surface area contributed by atoms with E-state index in [0.29, 0.717) is 37.3 Å². The Morgan fingerprint density at radius 1 is 1.14 bits per heavy atom. The lowest BCUT2D eigenvalue weighted by Gasteiger charge is -2.21. The third-order valence-electron chi connectivity index (χ3n) is 3.87. The standard InChI is InChI=1S/C15H19N3O4/c1-11-10-13(4-5-14(11)18(21)22)15(20)17-7-3-6-16(8-9-17)12(2)19/h4-5,10H,3,6-9H2,1-2H3. The van der Waals surface area contributed by atoms with Gasteiger partial charge in [0.15, 0.2) is 0 Å². The number of aryl methyl sites for hydroxylation is 1. The lowest BCUT2D eigenvalue weighted by Crippen LogP contribution is -2.36. The second kappa shape index (κ2) is 6.55. The van der Waals surface area contributed by atoms with Gasteiger partial charge in [-0.1, -0.05) is 0 Å². The molecule has 0 radical (unpaired) electrons. The van der Waals surface area contributed by atoms with Crippen LogP contribution >= 0.6 is 0 Å². The summed E-state index contributed by atoms with van der Waals surface area (Å²) in [5.41, 5.74) is 0.922. The Hall–Kier alpha value is -2.44. The smallest absolute Gasteiger partial charge is 0.272 e. The molecule has 1 fully saturated rings. The van der Waals surface area contributed by atoms with E-state index in [1.807, 2.05) is 0 Å². The molecule has 118 valence electrons. The third kappa shape index (κ3) is 3.41. The van der Waals surface area contributed by atoms with Gasteiger partial charge in [0.2, 0.25) is 5.91 Å². The number of amides is 2. The topological polar surface area (TPSA) is 83.8 Å². The molecule has 0 spiro atoms. The van der Waals surface area contributed by atoms with Crippen molar-refractivity contribution in [2.75, 3.05) is 26.2 Å². The monoisotopic (exact) mass is 305 g/mol. The molecular weight excluding hydrogens is 286 g/mol. The Bertz CT molecular complexity index is 615. The quantitative estimate of drug-likeness (QED) is 0.613. The number of nitro benzene ring substituents is 1. The van der Waals surface area contributed by atoms with Crippen molar-refractivity contribution in [3.8, 4) is 0 Å². The normalized spacial score (nSPS) is 15.4. The fourth-order valence-corrected chi connectivity index (χ4v) is 2.61. The number of rotatable bonds is 2. The first-order valence-corrected chi connectivity index (χ1v) is 7.20. The van der Waals surface area contributed by atoms with Crippen LogP contribution in [-0.2, 0) is 4.79 Å². The average Bonchev–Trinajstić information content (AvgIpc) is 2.71. The van der Waals surface area contributed by atoms with Crippen LogP contribution in [0.4, 0.5) is 5.69 Å². The van der Waals surface area contributed by atoms with E-state index in [2.05, 4.69) is 0 Å². The Morgan fingerprint density at radius 2 is 1.77 bits per heavy atom. The molecule has 0 saturated carbocycles. The van der Waals surface area contributed by atoms with Gasteiger partial charge in [0.1, 0.15) is 0 Å². The molecule has 0 unspecified atom stereocenters. The first-order valence-electron chi connectivity index (χ1n) is 7.20. The van der Waals surface area contributed by atoms with Crippen LogP contribution in [0.1, 0.15) is 29.3 Å². The largest absolute Gasteiger partial charge is 0.341 e. The number of hydrogen-bond acceptors (Lipinski definition) is 4. The number of carbonyl (C=O) groups excluding carboxylic acids is 2. The van der Waals surface area contributed by atoms with Crippen LogP contribution in [-0.4, -0.2) is 52.7 Å². The van der Waals surface area contributed by atoms with Crippen LogP contribution in [0.15, 0.2) is 18.2 Å². The van der Waals surface area contributed by atoms with Crippen LogP contribution in [0, 0.1) is 17.0 Å². The molecule has 7 nitrogen and oxygen atoms in total. The second-order valence-corrected chi connectivity index (χ2v) is 5.41. The van der Waals surface area contributed by atoms with E-state index < -0.39 is 4.92 Å². The highest BCUT2D eigenvalue weighted by atomic mass is 16.6. The lowest BCUT2D eigenvalue weighted by atomic mass is 10.1. The molecule has 0 atom stereocenters. The van der Waals surface area contributed by atoms with Gasteiger partial charge in [-0.3, -0.25) is 19.7 Å². The molecule has 0 N–H and O–H groups in total. The Kier molecular flexibility index (Phi) is 4.75. The zero-order chi connectivity index (χ0) is 16.3. The second-order valence-electron chi connectivity index (χ2n) is 5.41. The highest BCUT2D eigenvalue weighted by Gasteiger charge is 2.22. The highest BCUT2D eigenvalue weighted by molar-refractivity contribution is 5.94. The van der Waals surface area contributed by atoms with E-state index in [9.17, 15) is 19.7 Å². The summed E-state index contributed by atoms with van der Waals surface area (Å²) >= 11 is 0. The van der Waals surface area contributed by atoms with E-state index in [4.69, 9.17) is 0 Å². The minimum absolute atomic E-state index is 0.00942. The van der Waals surface area contributed by atoms with Crippen molar-refractivity contribution in [1.82, 2.24) is 9.80 Å². The number of carbonyl (C=O) groups is 2. The fourth-order valence-electron chi connectivity index (χ4n) is 2.61. The molecule has 22 heavy (non-hydrogen) atoms. The van der Waals surface area contributed by atoms with Gasteiger partial charge in [0, 0.05) is 50.3 Å². The Labute approximate surface area is 128 Å². The van der Waals surface area contributed by atoms with Crippen molar-refractivity contribution in [2.45, 2.75) is 20.3 Å². The van der Waals surface area contributed by atoms with Gasteiger partial charge in [-0.25, -0.2) is 0 Å². The molecule has 2 amide bonds. The zero-order valence-corrected chi connectivity index (χ0v) is 12.7. The van der Waals surface area contributed by atoms with Crippen LogP contribution in [0.25, 0.3) is 0 Å². The summed E-state index contributed by atoms with van der Waals surface area (Å²) in [5.74, 6) is -0.135. The predicted molar refractivity (Wildman–Crippen MR) is 80.6 cm³/mol. The molecule has 1 saturated heterocycles. The van der Waals surface area contributed by atoms with E-state index in [0.717, 1.165) is 6.42 Å². The molecule has 0 aliphatic carbocycles. The van der Waals surface area contributed by atoms with Gasteiger partial charge in [0.25, 0.3) is 11.6 Å². The molecule has 2 rings (SSSR count). The average molecular weight is 305 g/mol. The molecule has 1 heterocycles. The molecule has 1 aromatic rings. The van der Waals surface area contributed by atoms with Gasteiger partial charge in [-0.15, -0.1) is 0 Å². The first-order chi connectivity index (χ1) is 10.4. The van der Waals surface area contributed by atoms with E-state index in [1.165, 1.54) is 19.1 Å². The van der Waals surface area contributed by atoms with Crippen molar-refractivity contribution in [3.05, 3.63) is 39.4 Å². The highest BCUT2D eigenvalue weighted by Crippen LogP contribution is 2.20. The van der Waals surface area contributed by atoms with E-state index in [-0.39, 0.29) is 17.5 Å². The van der Waals surface area contributed by atoms with E-state index in [1.54, 1.807) is 22.8 Å². The number of nitro groups is 1. The minimum Gasteiger partial charge on any atom is -0.341 e. The molecule has 0 aromatic heterocycles. The maximum Gasteiger partial charge on any atom is 0.272 e. The van der Waals surface area contributed by atoms with E-state index >= 15 is 0 Å². The molecular formula is C15H19N3O4. The van der Waals surface area contributed by atoms with Gasteiger partial charge in [-0.2, -0.15) is 0 Å². The van der Waals surface area contributed by atoms with Gasteiger partial charge in [0.05, 0.1) is 4.92 Å². The lowest BCUT2D eigenvalue weighted by molar-refractivity contribution is -0.385. The molecule has 1 aromatic carbocycles. The molecule has 1 aliphatic rings. The van der Waals surface area contributed by atoms with Crippen LogP contribution in [0.5, 0.6) is 0 Å². The van der Waals surface area contributed by atoms with Gasteiger partial charge in [-0.05, 0) is 25.5 Å². The number of benzene rings is 1. The van der Waals surface area contributed by atoms with Gasteiger partial charge < -0.3 is 9.80 Å². The van der Waals surface area contributed by atoms with Crippen molar-refractivity contribution in [1.29, 1.82) is 0 Å². The summed E-state index contributed by atoms with van der Waals surface area (Å²) in [7, 11) is 0. The predicted octanol–water partition coefficient (Wildman–Crippen LogP) is 1.60. The Balaban J connectivity index is 2.13. The summed E-state index contributed by atoms with van der Waals surface area (Å²) in [5, 5.41) is 10.8. The van der Waals surface area contributed by atoms with Crippen molar-refractivity contribution >= 4 is 17.5 Å². The van der Waals surface area contributed by atoms with Crippen molar-refractivity contribution in [2.24, 2.45) is 0 Å². The maximum atomic E-state index is 12.5. The Morgan fingerprint density at radius 3 is 2.36 bits per heavy atom. The summed E-state index contributed by atoms with van der Waals surface area (Å²) in [6.07, 6.45) is 0.733. The van der Waals surface area contributed by atoms with Gasteiger partial charge >= 0.3 is 0 Å². The van der Waals surface area contributed by atoms with Crippen molar-refractivity contribution in [3.63, 3.8) is 0 Å². The van der Waals surface area contributed by atoms with Crippen LogP contribution < -0.4 is 0 Å². The van der Waals surface area contributed by atoms with Crippen molar-refractivity contribution < 1.29 is 14.5 Å². The minimum atomic E-state index is -0.458. The van der Waals surface area contributed by atoms with Crippen LogP contribution in [0.2, 0.25) is 0 Å². The first kappa shape index (κ1) is 15.9. The SMILES string of the molecule is CC(=O)N1CCCN(C(=O)c2ccc([N+](=O)[O-])c(C)c2)CC1. The fraction of sp³-hybridized carbons (Fsp3) is 0.467. The summed E-state index contributed by atoms with van der Waals surface area (Å²) < 4.78 is 0. The third-order valence-corrected chi connectivity index (χ3v) is 3.87. The number of hydrogen-bond donors (Lipinski definition) is 0. The van der Waals surface area contributed by atoms with Crippen LogP contribution in [0.3, 0.4) is 0 Å². The number of nitrogens with zero attached hydrogens (tertiary/aromatic N) is 3. The summed E-state index contributed by atoms with van der Waals surface area (Å²) in [4.78, 5) is 37.7.